The highest BCUT2D eigenvalue weighted by Crippen LogP contribution is 2.14. The number of nitrogens with one attached hydrogen (secondary N) is 5. The first-order valence-corrected chi connectivity index (χ1v) is 13.8. The Morgan fingerprint density at radius 3 is 1.85 bits per heavy atom. The predicted octanol–water partition coefficient (Wildman–Crippen LogP) is 0.00682. The molecule has 1 aromatic rings. The third kappa shape index (κ3) is 11.9. The molecule has 0 aliphatic rings. The van der Waals surface area contributed by atoms with Crippen molar-refractivity contribution < 1.29 is 43.8 Å². The van der Waals surface area contributed by atoms with E-state index >= 15 is 0 Å². The smallest absolute Gasteiger partial charge is 0.326 e. The topological polar surface area (TPSA) is 220 Å². The fourth-order valence-electron chi connectivity index (χ4n) is 3.54. The highest BCUT2D eigenvalue weighted by atomic mass is 32.1. The zero-order valence-corrected chi connectivity index (χ0v) is 24.7. The van der Waals surface area contributed by atoms with Crippen molar-refractivity contribution in [3.05, 3.63) is 21.9 Å². The van der Waals surface area contributed by atoms with E-state index in [4.69, 9.17) is 5.11 Å². The summed E-state index contributed by atoms with van der Waals surface area (Å²) in [5, 5.41) is 30.6. The van der Waals surface area contributed by atoms with Crippen LogP contribution < -0.4 is 26.6 Å². The number of carboxylic acid groups (broad SMARTS) is 2. The maximum Gasteiger partial charge on any atom is 0.326 e. The SMILES string of the molecule is Cc1ccc(C(=O)NCC(=O)N[C@@H](C)C(=O)N[C@H](C(=O)N[C@@H](CCC(=O)O)C(=O)N[C@H](C(=O)O)C(C)C)C(C)C)s1. The molecule has 0 fully saturated rings. The summed E-state index contributed by atoms with van der Waals surface area (Å²) < 4.78 is 0. The van der Waals surface area contributed by atoms with E-state index in [-0.39, 0.29) is 13.0 Å². The number of hydrogen-bond acceptors (Lipinski definition) is 8. The molecule has 1 aromatic heterocycles. The van der Waals surface area contributed by atoms with Crippen molar-refractivity contribution in [3.63, 3.8) is 0 Å². The van der Waals surface area contributed by atoms with Gasteiger partial charge in [0, 0.05) is 11.3 Å². The summed E-state index contributed by atoms with van der Waals surface area (Å²) in [5.74, 6) is -6.95. The molecule has 4 atom stereocenters. The van der Waals surface area contributed by atoms with Crippen LogP contribution in [0.3, 0.4) is 0 Å². The van der Waals surface area contributed by atoms with Gasteiger partial charge in [-0.2, -0.15) is 0 Å². The number of carbonyl (C=O) groups excluding carboxylic acids is 5. The van der Waals surface area contributed by atoms with Crippen molar-refractivity contribution in [2.75, 3.05) is 6.54 Å². The molecule has 15 heteroatoms. The van der Waals surface area contributed by atoms with Crippen LogP contribution in [0, 0.1) is 18.8 Å². The van der Waals surface area contributed by atoms with Crippen LogP contribution in [-0.2, 0) is 28.8 Å². The van der Waals surface area contributed by atoms with E-state index in [1.807, 2.05) is 6.92 Å². The number of aliphatic carboxylic acids is 2. The summed E-state index contributed by atoms with van der Waals surface area (Å²) in [6.07, 6.45) is -0.804. The summed E-state index contributed by atoms with van der Waals surface area (Å²) in [6.45, 7) is 9.25. The molecule has 5 amide bonds. The van der Waals surface area contributed by atoms with Crippen LogP contribution in [0.2, 0.25) is 0 Å². The first-order chi connectivity index (χ1) is 19.0. The maximum atomic E-state index is 13.1. The van der Waals surface area contributed by atoms with Gasteiger partial charge in [-0.25, -0.2) is 4.79 Å². The van der Waals surface area contributed by atoms with Crippen molar-refractivity contribution >= 4 is 52.8 Å². The van der Waals surface area contributed by atoms with Crippen LogP contribution >= 0.6 is 11.3 Å². The number of hydrogen-bond donors (Lipinski definition) is 7. The lowest BCUT2D eigenvalue weighted by Crippen LogP contribution is -2.59. The second-order valence-electron chi connectivity index (χ2n) is 10.2. The van der Waals surface area contributed by atoms with E-state index in [1.54, 1.807) is 39.8 Å². The van der Waals surface area contributed by atoms with Crippen molar-refractivity contribution in [2.24, 2.45) is 11.8 Å². The Morgan fingerprint density at radius 2 is 1.37 bits per heavy atom. The minimum absolute atomic E-state index is 0.320. The molecular formula is C26H39N5O9S. The van der Waals surface area contributed by atoms with Crippen LogP contribution in [0.4, 0.5) is 0 Å². The summed E-state index contributed by atoms with van der Waals surface area (Å²) >= 11 is 1.27. The number of rotatable bonds is 16. The van der Waals surface area contributed by atoms with E-state index in [2.05, 4.69) is 26.6 Å². The maximum absolute atomic E-state index is 13.1. The van der Waals surface area contributed by atoms with Gasteiger partial charge in [0.15, 0.2) is 0 Å². The molecule has 7 N–H and O–H groups in total. The quantitative estimate of drug-likeness (QED) is 0.136. The van der Waals surface area contributed by atoms with Crippen molar-refractivity contribution in [2.45, 2.75) is 78.6 Å². The minimum Gasteiger partial charge on any atom is -0.481 e. The third-order valence-corrected chi connectivity index (χ3v) is 6.90. The molecule has 0 unspecified atom stereocenters. The van der Waals surface area contributed by atoms with Crippen molar-refractivity contribution in [1.29, 1.82) is 0 Å². The normalized spacial score (nSPS) is 13.9. The number of thiophene rings is 1. The Morgan fingerprint density at radius 1 is 0.780 bits per heavy atom. The van der Waals surface area contributed by atoms with Crippen LogP contribution in [0.5, 0.6) is 0 Å². The molecular weight excluding hydrogens is 558 g/mol. The van der Waals surface area contributed by atoms with Gasteiger partial charge in [-0.05, 0) is 44.2 Å². The summed E-state index contributed by atoms with van der Waals surface area (Å²) in [5.41, 5.74) is 0. The number of aryl methyl sites for hydroxylation is 1. The van der Waals surface area contributed by atoms with Gasteiger partial charge in [-0.3, -0.25) is 28.8 Å². The Kier molecular flexibility index (Phi) is 13.9. The summed E-state index contributed by atoms with van der Waals surface area (Å²) in [4.78, 5) is 87.0. The molecule has 0 aliphatic heterocycles. The van der Waals surface area contributed by atoms with Crippen LogP contribution in [-0.4, -0.2) is 82.4 Å². The lowest BCUT2D eigenvalue weighted by Gasteiger charge is -2.27. The molecule has 41 heavy (non-hydrogen) atoms. The average molecular weight is 598 g/mol. The number of carboxylic acids is 2. The fourth-order valence-corrected chi connectivity index (χ4v) is 4.32. The largest absolute Gasteiger partial charge is 0.481 e. The number of carbonyl (C=O) groups is 7. The molecule has 0 aliphatic carbocycles. The summed E-state index contributed by atoms with van der Waals surface area (Å²) in [6, 6.07) is -1.52. The van der Waals surface area contributed by atoms with Crippen LogP contribution in [0.25, 0.3) is 0 Å². The molecule has 0 spiro atoms. The van der Waals surface area contributed by atoms with Crippen molar-refractivity contribution in [1.82, 2.24) is 26.6 Å². The highest BCUT2D eigenvalue weighted by molar-refractivity contribution is 7.13. The standard InChI is InChI=1S/C26H39N5O9S/c1-12(2)20(25(38)29-16(8-10-19(33)34)23(36)31-21(13(3)4)26(39)40)30-22(35)15(6)28-18(32)11-27-24(37)17-9-7-14(5)41-17/h7,9,12-13,15-16,20-21H,8,10-11H2,1-6H3,(H,27,37)(H,28,32)(H,29,38)(H,30,35)(H,31,36)(H,33,34)(H,39,40)/t15-,16-,20-,21-/m0/s1. The predicted molar refractivity (Wildman–Crippen MR) is 149 cm³/mol. The van der Waals surface area contributed by atoms with Gasteiger partial charge in [0.1, 0.15) is 24.2 Å². The fraction of sp³-hybridized carbons (Fsp3) is 0.577. The average Bonchev–Trinajstić information content (AvgIpc) is 3.31. The van der Waals surface area contributed by atoms with E-state index in [0.29, 0.717) is 4.88 Å². The van der Waals surface area contributed by atoms with E-state index < -0.39 is 83.9 Å². The second kappa shape index (κ2) is 16.3. The van der Waals surface area contributed by atoms with E-state index in [1.165, 1.54) is 18.3 Å². The van der Waals surface area contributed by atoms with Crippen LogP contribution in [0.15, 0.2) is 12.1 Å². The van der Waals surface area contributed by atoms with Gasteiger partial charge in [-0.1, -0.05) is 27.7 Å². The minimum atomic E-state index is -1.38. The molecule has 0 saturated carbocycles. The van der Waals surface area contributed by atoms with Gasteiger partial charge in [0.05, 0.1) is 11.4 Å². The zero-order valence-electron chi connectivity index (χ0n) is 23.9. The van der Waals surface area contributed by atoms with E-state index in [9.17, 15) is 38.7 Å². The second-order valence-corrected chi connectivity index (χ2v) is 11.5. The monoisotopic (exact) mass is 597 g/mol. The number of amides is 5. The molecule has 0 aromatic carbocycles. The molecule has 228 valence electrons. The molecule has 0 radical (unpaired) electrons. The van der Waals surface area contributed by atoms with Gasteiger partial charge in [0.2, 0.25) is 23.6 Å². The third-order valence-electron chi connectivity index (χ3n) is 5.90. The van der Waals surface area contributed by atoms with Gasteiger partial charge in [-0.15, -0.1) is 11.3 Å². The van der Waals surface area contributed by atoms with Crippen LogP contribution in [0.1, 0.15) is 62.0 Å². The summed E-state index contributed by atoms with van der Waals surface area (Å²) in [7, 11) is 0. The van der Waals surface area contributed by atoms with Crippen molar-refractivity contribution in [3.8, 4) is 0 Å². The van der Waals surface area contributed by atoms with E-state index in [0.717, 1.165) is 4.88 Å². The Labute approximate surface area is 242 Å². The molecule has 14 nitrogen and oxygen atoms in total. The van der Waals surface area contributed by atoms with Gasteiger partial charge >= 0.3 is 11.9 Å². The van der Waals surface area contributed by atoms with Gasteiger partial charge in [0.25, 0.3) is 5.91 Å². The zero-order chi connectivity index (χ0) is 31.4. The first kappa shape index (κ1) is 35.0. The Bertz CT molecular complexity index is 1130. The molecule has 0 bridgehead atoms. The lowest BCUT2D eigenvalue weighted by atomic mass is 10.0. The Balaban J connectivity index is 2.83. The molecule has 0 saturated heterocycles. The lowest BCUT2D eigenvalue weighted by molar-refractivity contribution is -0.144. The Hall–Kier alpha value is -4.01. The first-order valence-electron chi connectivity index (χ1n) is 13.0. The van der Waals surface area contributed by atoms with Gasteiger partial charge < -0.3 is 36.8 Å². The highest BCUT2D eigenvalue weighted by Gasteiger charge is 2.32. The molecule has 1 rings (SSSR count). The molecule has 1 heterocycles.